The molecule has 0 N–H and O–H groups in total. The average molecular weight is 328 g/mol. The summed E-state index contributed by atoms with van der Waals surface area (Å²) in [4.78, 5) is 18.4. The summed E-state index contributed by atoms with van der Waals surface area (Å²) in [6, 6.07) is 7.18. The molecule has 2 saturated heterocycles. The molecule has 0 bridgehead atoms. The lowest BCUT2D eigenvalue weighted by atomic mass is 9.89. The molecule has 1 amide bonds. The monoisotopic (exact) mass is 328 g/mol. The first-order valence-corrected chi connectivity index (χ1v) is 8.28. The summed E-state index contributed by atoms with van der Waals surface area (Å²) < 4.78 is 17.3. The number of amides is 1. The maximum absolute atomic E-state index is 12.5. The van der Waals surface area contributed by atoms with E-state index in [9.17, 15) is 4.79 Å². The SMILES string of the molecule is O=C(c1ccco1)N1CCC[C@]2(C[C@H](Oc3cccnc3)CO2)C1. The number of carbonyl (C=O) groups excluding carboxylic acids is 1. The Labute approximate surface area is 140 Å². The number of carbonyl (C=O) groups is 1. The molecule has 0 radical (unpaired) electrons. The van der Waals surface area contributed by atoms with Gasteiger partial charge in [0.05, 0.1) is 31.2 Å². The largest absolute Gasteiger partial charge is 0.486 e. The zero-order chi connectivity index (χ0) is 16.4. The van der Waals surface area contributed by atoms with Crippen molar-refractivity contribution in [2.24, 2.45) is 0 Å². The lowest BCUT2D eigenvalue weighted by Crippen LogP contribution is -2.50. The maximum Gasteiger partial charge on any atom is 0.289 e. The minimum absolute atomic E-state index is 0.00661. The quantitative estimate of drug-likeness (QED) is 0.866. The van der Waals surface area contributed by atoms with Crippen molar-refractivity contribution in [2.75, 3.05) is 19.7 Å². The fraction of sp³-hybridized carbons (Fsp3) is 0.444. The first kappa shape index (κ1) is 15.2. The maximum atomic E-state index is 12.5. The predicted molar refractivity (Wildman–Crippen MR) is 85.8 cm³/mol. The van der Waals surface area contributed by atoms with E-state index in [4.69, 9.17) is 13.9 Å². The van der Waals surface area contributed by atoms with Crippen LogP contribution in [0.2, 0.25) is 0 Å². The van der Waals surface area contributed by atoms with Gasteiger partial charge in [-0.15, -0.1) is 0 Å². The molecule has 0 unspecified atom stereocenters. The van der Waals surface area contributed by atoms with Gasteiger partial charge in [-0.25, -0.2) is 0 Å². The van der Waals surface area contributed by atoms with Crippen LogP contribution >= 0.6 is 0 Å². The van der Waals surface area contributed by atoms with E-state index >= 15 is 0 Å². The van der Waals surface area contributed by atoms with E-state index in [1.54, 1.807) is 24.5 Å². The minimum atomic E-state index is -0.312. The highest BCUT2D eigenvalue weighted by molar-refractivity contribution is 5.91. The highest BCUT2D eigenvalue weighted by atomic mass is 16.6. The van der Waals surface area contributed by atoms with Gasteiger partial charge in [0.1, 0.15) is 11.9 Å². The number of aromatic nitrogens is 1. The van der Waals surface area contributed by atoms with Gasteiger partial charge in [-0.2, -0.15) is 0 Å². The van der Waals surface area contributed by atoms with Crippen LogP contribution in [0.15, 0.2) is 47.3 Å². The Hall–Kier alpha value is -2.34. The van der Waals surface area contributed by atoms with Gasteiger partial charge in [0.2, 0.25) is 0 Å². The van der Waals surface area contributed by atoms with E-state index in [1.807, 2.05) is 17.0 Å². The van der Waals surface area contributed by atoms with Gasteiger partial charge in [-0.1, -0.05) is 0 Å². The summed E-state index contributed by atoms with van der Waals surface area (Å²) in [6.07, 6.45) is 7.60. The van der Waals surface area contributed by atoms with Crippen LogP contribution in [0, 0.1) is 0 Å². The third-order valence-electron chi connectivity index (χ3n) is 4.67. The molecule has 0 aromatic carbocycles. The Morgan fingerprint density at radius 1 is 1.38 bits per heavy atom. The van der Waals surface area contributed by atoms with Crippen molar-refractivity contribution in [3.8, 4) is 5.75 Å². The molecule has 2 aliphatic rings. The smallest absolute Gasteiger partial charge is 0.289 e. The number of hydrogen-bond acceptors (Lipinski definition) is 5. The van der Waals surface area contributed by atoms with Crippen LogP contribution in [0.1, 0.15) is 29.8 Å². The standard InChI is InChI=1S/C18H20N2O4/c21-17(16-5-2-9-22-16)20-8-3-6-18(13-20)10-15(12-23-18)24-14-4-1-7-19-11-14/h1-2,4-5,7,9,11,15H,3,6,8,10,12-13H2/t15-,18-/m0/s1. The molecule has 0 aliphatic carbocycles. The van der Waals surface area contributed by atoms with Crippen LogP contribution < -0.4 is 4.74 Å². The molecule has 2 aliphatic heterocycles. The number of pyridine rings is 1. The summed E-state index contributed by atoms with van der Waals surface area (Å²) >= 11 is 0. The number of rotatable bonds is 3. The molecule has 0 saturated carbocycles. The lowest BCUT2D eigenvalue weighted by molar-refractivity contribution is -0.0458. The van der Waals surface area contributed by atoms with Gasteiger partial charge in [0, 0.05) is 19.2 Å². The third kappa shape index (κ3) is 3.01. The van der Waals surface area contributed by atoms with E-state index < -0.39 is 0 Å². The second-order valence-electron chi connectivity index (χ2n) is 6.43. The van der Waals surface area contributed by atoms with Crippen LogP contribution in [-0.4, -0.2) is 47.2 Å². The van der Waals surface area contributed by atoms with Crippen molar-refractivity contribution >= 4 is 5.91 Å². The summed E-state index contributed by atoms with van der Waals surface area (Å²) in [5.74, 6) is 1.06. The molecule has 24 heavy (non-hydrogen) atoms. The minimum Gasteiger partial charge on any atom is -0.486 e. The molecule has 126 valence electrons. The number of hydrogen-bond donors (Lipinski definition) is 0. The zero-order valence-electron chi connectivity index (χ0n) is 13.4. The van der Waals surface area contributed by atoms with Crippen molar-refractivity contribution in [1.82, 2.24) is 9.88 Å². The van der Waals surface area contributed by atoms with E-state index in [1.165, 1.54) is 6.26 Å². The number of piperidine rings is 1. The number of nitrogens with zero attached hydrogens (tertiary/aromatic N) is 2. The van der Waals surface area contributed by atoms with Crippen molar-refractivity contribution in [1.29, 1.82) is 0 Å². The summed E-state index contributed by atoms with van der Waals surface area (Å²) in [7, 11) is 0. The Morgan fingerprint density at radius 2 is 2.33 bits per heavy atom. The number of ether oxygens (including phenoxy) is 2. The van der Waals surface area contributed by atoms with Gasteiger partial charge < -0.3 is 18.8 Å². The number of likely N-dealkylation sites (tertiary alicyclic amines) is 1. The third-order valence-corrected chi connectivity index (χ3v) is 4.67. The Bertz CT molecular complexity index is 688. The van der Waals surface area contributed by atoms with E-state index in [-0.39, 0.29) is 17.6 Å². The molecule has 6 nitrogen and oxygen atoms in total. The second-order valence-corrected chi connectivity index (χ2v) is 6.43. The van der Waals surface area contributed by atoms with Crippen LogP contribution in [0.3, 0.4) is 0 Å². The highest BCUT2D eigenvalue weighted by Crippen LogP contribution is 2.36. The van der Waals surface area contributed by atoms with Crippen molar-refractivity contribution in [3.05, 3.63) is 48.7 Å². The fourth-order valence-electron chi connectivity index (χ4n) is 3.60. The molecular weight excluding hydrogens is 308 g/mol. The number of furan rings is 1. The van der Waals surface area contributed by atoms with Crippen molar-refractivity contribution in [2.45, 2.75) is 31.0 Å². The molecular formula is C18H20N2O4. The zero-order valence-corrected chi connectivity index (χ0v) is 13.4. The topological polar surface area (TPSA) is 64.8 Å². The van der Waals surface area contributed by atoms with Crippen molar-refractivity contribution < 1.29 is 18.7 Å². The van der Waals surface area contributed by atoms with E-state index in [0.29, 0.717) is 18.9 Å². The molecule has 1 spiro atoms. The molecule has 2 aromatic heterocycles. The van der Waals surface area contributed by atoms with Crippen LogP contribution in [-0.2, 0) is 4.74 Å². The van der Waals surface area contributed by atoms with Crippen LogP contribution in [0.4, 0.5) is 0 Å². The van der Waals surface area contributed by atoms with E-state index in [2.05, 4.69) is 4.98 Å². The first-order valence-electron chi connectivity index (χ1n) is 8.28. The van der Waals surface area contributed by atoms with E-state index in [0.717, 1.165) is 31.6 Å². The summed E-state index contributed by atoms with van der Waals surface area (Å²) in [6.45, 7) is 1.86. The molecule has 4 rings (SSSR count). The highest BCUT2D eigenvalue weighted by Gasteiger charge is 2.45. The Balaban J connectivity index is 1.41. The lowest BCUT2D eigenvalue weighted by Gasteiger charge is -2.39. The first-order chi connectivity index (χ1) is 11.7. The molecule has 2 aromatic rings. The van der Waals surface area contributed by atoms with Crippen molar-refractivity contribution in [3.63, 3.8) is 0 Å². The fourth-order valence-corrected chi connectivity index (χ4v) is 3.60. The van der Waals surface area contributed by atoms with Gasteiger partial charge in [-0.05, 0) is 37.1 Å². The Kier molecular flexibility index (Phi) is 3.98. The molecule has 6 heteroatoms. The molecule has 4 heterocycles. The second kappa shape index (κ2) is 6.28. The summed E-state index contributed by atoms with van der Waals surface area (Å²) in [5, 5.41) is 0. The van der Waals surface area contributed by atoms with Gasteiger partial charge in [-0.3, -0.25) is 9.78 Å². The normalized spacial score (nSPS) is 26.7. The molecule has 2 atom stereocenters. The Morgan fingerprint density at radius 3 is 3.12 bits per heavy atom. The average Bonchev–Trinajstić information content (AvgIpc) is 3.26. The van der Waals surface area contributed by atoms with Gasteiger partial charge >= 0.3 is 0 Å². The van der Waals surface area contributed by atoms with Crippen LogP contribution in [0.25, 0.3) is 0 Å². The predicted octanol–water partition coefficient (Wildman–Crippen LogP) is 2.52. The molecule has 2 fully saturated rings. The van der Waals surface area contributed by atoms with Gasteiger partial charge in [0.25, 0.3) is 5.91 Å². The van der Waals surface area contributed by atoms with Crippen LogP contribution in [0.5, 0.6) is 5.75 Å². The summed E-state index contributed by atoms with van der Waals surface area (Å²) in [5.41, 5.74) is -0.312. The van der Waals surface area contributed by atoms with Gasteiger partial charge in [0.15, 0.2) is 5.76 Å².